The Morgan fingerprint density at radius 3 is 2.56 bits per heavy atom. The van der Waals surface area contributed by atoms with Crippen LogP contribution in [0.5, 0.6) is 0 Å². The molecule has 2 aromatic heterocycles. The van der Waals surface area contributed by atoms with Gasteiger partial charge in [-0.2, -0.15) is 13.2 Å². The van der Waals surface area contributed by atoms with E-state index in [0.29, 0.717) is 5.56 Å². The summed E-state index contributed by atoms with van der Waals surface area (Å²) in [6.07, 6.45) is -1.43. The summed E-state index contributed by atoms with van der Waals surface area (Å²) < 4.78 is 37.7. The number of hydrogen-bond acceptors (Lipinski definition) is 3. The molecule has 0 aliphatic carbocycles. The van der Waals surface area contributed by atoms with Crippen LogP contribution in [0, 0.1) is 11.7 Å². The Bertz CT molecular complexity index is 634. The van der Waals surface area contributed by atoms with E-state index in [4.69, 9.17) is 12.2 Å². The van der Waals surface area contributed by atoms with Gasteiger partial charge in [-0.25, -0.2) is 4.98 Å². The van der Waals surface area contributed by atoms with Gasteiger partial charge in [-0.3, -0.25) is 4.98 Å². The molecule has 0 spiro atoms. The van der Waals surface area contributed by atoms with Gasteiger partial charge in [-0.1, -0.05) is 0 Å². The van der Waals surface area contributed by atoms with Gasteiger partial charge in [0.1, 0.15) is 5.69 Å². The number of aromatic nitrogens is 3. The van der Waals surface area contributed by atoms with Gasteiger partial charge in [0.05, 0.1) is 5.69 Å². The third-order valence-electron chi connectivity index (χ3n) is 2.22. The second-order valence-corrected chi connectivity index (χ2v) is 4.12. The third-order valence-corrected chi connectivity index (χ3v) is 2.41. The second-order valence-electron chi connectivity index (χ2n) is 3.73. The fraction of sp³-hybridized carbons (Fsp3) is 0.182. The Kier molecular flexibility index (Phi) is 3.16. The maximum Gasteiger partial charge on any atom is 0.431 e. The van der Waals surface area contributed by atoms with Crippen LogP contribution in [0.15, 0.2) is 24.5 Å². The maximum atomic E-state index is 12.6. The lowest BCUT2D eigenvalue weighted by atomic mass is 10.1. The summed E-state index contributed by atoms with van der Waals surface area (Å²) in [5.74, 6) is 0. The van der Waals surface area contributed by atoms with E-state index in [2.05, 4.69) is 9.97 Å². The first-order valence-corrected chi connectivity index (χ1v) is 5.37. The predicted molar refractivity (Wildman–Crippen MR) is 62.4 cm³/mol. The molecule has 94 valence electrons. The van der Waals surface area contributed by atoms with Crippen molar-refractivity contribution < 1.29 is 13.2 Å². The molecule has 1 N–H and O–H groups in total. The number of pyridine rings is 1. The Hall–Kier alpha value is -1.76. The summed E-state index contributed by atoms with van der Waals surface area (Å²) in [5.41, 5.74) is 0.573. The zero-order chi connectivity index (χ0) is 13.3. The van der Waals surface area contributed by atoms with Crippen LogP contribution in [0.1, 0.15) is 11.3 Å². The summed E-state index contributed by atoms with van der Waals surface area (Å²) in [5, 5.41) is 0. The van der Waals surface area contributed by atoms with Crippen molar-refractivity contribution in [3.05, 3.63) is 40.6 Å². The van der Waals surface area contributed by atoms with E-state index in [-0.39, 0.29) is 10.5 Å². The molecule has 2 rings (SSSR count). The van der Waals surface area contributed by atoms with Crippen molar-refractivity contribution in [2.45, 2.75) is 13.1 Å². The molecule has 2 aromatic rings. The molecule has 0 unspecified atom stereocenters. The number of nitrogens with one attached hydrogen (secondary N) is 1. The summed E-state index contributed by atoms with van der Waals surface area (Å²) in [7, 11) is 0. The van der Waals surface area contributed by atoms with Gasteiger partial charge >= 0.3 is 6.18 Å². The molecule has 3 nitrogen and oxygen atoms in total. The third kappa shape index (κ3) is 2.73. The van der Waals surface area contributed by atoms with Crippen molar-refractivity contribution in [2.24, 2.45) is 0 Å². The lowest BCUT2D eigenvalue weighted by molar-refractivity contribution is -0.141. The van der Waals surface area contributed by atoms with E-state index >= 15 is 0 Å². The first kappa shape index (κ1) is 12.7. The Labute approximate surface area is 106 Å². The molecule has 0 aliphatic rings. The van der Waals surface area contributed by atoms with E-state index in [1.54, 1.807) is 19.2 Å². The summed E-state index contributed by atoms with van der Waals surface area (Å²) in [6, 6.07) is 2.62. The van der Waals surface area contributed by atoms with E-state index in [1.165, 1.54) is 6.20 Å². The van der Waals surface area contributed by atoms with E-state index in [1.807, 2.05) is 4.98 Å². The molecule has 0 bridgehead atoms. The molecule has 0 fully saturated rings. The first-order valence-electron chi connectivity index (χ1n) is 4.97. The van der Waals surface area contributed by atoms with Crippen LogP contribution in [0.4, 0.5) is 13.2 Å². The van der Waals surface area contributed by atoms with Crippen molar-refractivity contribution in [3.63, 3.8) is 0 Å². The normalized spacial score (nSPS) is 11.6. The van der Waals surface area contributed by atoms with E-state index in [9.17, 15) is 13.2 Å². The Morgan fingerprint density at radius 1 is 1.22 bits per heavy atom. The van der Waals surface area contributed by atoms with Crippen LogP contribution in [0.2, 0.25) is 0 Å². The largest absolute Gasteiger partial charge is 0.431 e. The number of halogens is 3. The van der Waals surface area contributed by atoms with Crippen LogP contribution in [-0.2, 0) is 6.18 Å². The van der Waals surface area contributed by atoms with Crippen LogP contribution < -0.4 is 0 Å². The summed E-state index contributed by atoms with van der Waals surface area (Å²) >= 11 is 4.70. The zero-order valence-electron chi connectivity index (χ0n) is 9.25. The molecular formula is C11H8F3N3S. The number of alkyl halides is 3. The molecule has 0 radical (unpaired) electrons. The standard InChI is InChI=1S/C11H8F3N3S/c1-6-2-7(5-15-4-6)8-3-9(11(12,13)14)17-10(18)16-8/h2-5H,1H3,(H,16,17,18). The van der Waals surface area contributed by atoms with Crippen LogP contribution in [-0.4, -0.2) is 15.0 Å². The minimum absolute atomic E-state index is 0.155. The highest BCUT2D eigenvalue weighted by Crippen LogP contribution is 2.29. The number of aryl methyl sites for hydroxylation is 1. The Morgan fingerprint density at radius 2 is 1.94 bits per heavy atom. The van der Waals surface area contributed by atoms with Gasteiger partial charge in [0, 0.05) is 18.0 Å². The van der Waals surface area contributed by atoms with E-state index in [0.717, 1.165) is 11.6 Å². The maximum absolute atomic E-state index is 12.6. The molecular weight excluding hydrogens is 263 g/mol. The second kappa shape index (κ2) is 4.49. The number of aromatic amines is 1. The molecule has 0 amide bonds. The molecule has 0 aromatic carbocycles. The first-order chi connectivity index (χ1) is 8.36. The molecule has 2 heterocycles. The average molecular weight is 271 g/mol. The van der Waals surface area contributed by atoms with Gasteiger partial charge < -0.3 is 4.98 Å². The molecule has 0 saturated carbocycles. The molecule has 0 atom stereocenters. The monoisotopic (exact) mass is 271 g/mol. The van der Waals surface area contributed by atoms with Crippen molar-refractivity contribution in [2.75, 3.05) is 0 Å². The number of nitrogens with zero attached hydrogens (tertiary/aromatic N) is 2. The highest BCUT2D eigenvalue weighted by molar-refractivity contribution is 7.71. The van der Waals surface area contributed by atoms with Gasteiger partial charge in [-0.15, -0.1) is 0 Å². The summed E-state index contributed by atoms with van der Waals surface area (Å²) in [6.45, 7) is 1.80. The minimum atomic E-state index is -4.48. The molecule has 7 heteroatoms. The van der Waals surface area contributed by atoms with Crippen molar-refractivity contribution in [1.82, 2.24) is 15.0 Å². The van der Waals surface area contributed by atoms with Gasteiger partial charge in [0.2, 0.25) is 0 Å². The van der Waals surface area contributed by atoms with Crippen molar-refractivity contribution in [3.8, 4) is 11.3 Å². The number of H-pyrrole nitrogens is 1. The molecule has 0 aliphatic heterocycles. The van der Waals surface area contributed by atoms with Crippen LogP contribution >= 0.6 is 12.2 Å². The summed E-state index contributed by atoms with van der Waals surface area (Å²) in [4.78, 5) is 9.82. The number of rotatable bonds is 1. The quantitative estimate of drug-likeness (QED) is 0.807. The lowest BCUT2D eigenvalue weighted by Crippen LogP contribution is -2.09. The minimum Gasteiger partial charge on any atom is -0.327 e. The number of hydrogen-bond donors (Lipinski definition) is 1. The van der Waals surface area contributed by atoms with Crippen LogP contribution in [0.3, 0.4) is 0 Å². The van der Waals surface area contributed by atoms with Crippen molar-refractivity contribution >= 4 is 12.2 Å². The topological polar surface area (TPSA) is 41.6 Å². The van der Waals surface area contributed by atoms with E-state index < -0.39 is 11.9 Å². The van der Waals surface area contributed by atoms with Crippen LogP contribution in [0.25, 0.3) is 11.3 Å². The highest BCUT2D eigenvalue weighted by Gasteiger charge is 2.32. The fourth-order valence-electron chi connectivity index (χ4n) is 1.45. The van der Waals surface area contributed by atoms with Gasteiger partial charge in [0.15, 0.2) is 4.77 Å². The average Bonchev–Trinajstić information content (AvgIpc) is 2.27. The Balaban J connectivity index is 2.59. The lowest BCUT2D eigenvalue weighted by Gasteiger charge is -2.08. The fourth-order valence-corrected chi connectivity index (χ4v) is 1.66. The highest BCUT2D eigenvalue weighted by atomic mass is 32.1. The van der Waals surface area contributed by atoms with Crippen molar-refractivity contribution in [1.29, 1.82) is 0 Å². The smallest absolute Gasteiger partial charge is 0.327 e. The van der Waals surface area contributed by atoms with Gasteiger partial charge in [-0.05, 0) is 36.8 Å². The zero-order valence-corrected chi connectivity index (χ0v) is 10.1. The predicted octanol–water partition coefficient (Wildman–Crippen LogP) is 3.53. The molecule has 18 heavy (non-hydrogen) atoms. The molecule has 0 saturated heterocycles. The van der Waals surface area contributed by atoms with Gasteiger partial charge in [0.25, 0.3) is 0 Å². The SMILES string of the molecule is Cc1cncc(-c2cc(C(F)(F)F)[nH]c(=S)n2)c1.